The molecule has 0 saturated carbocycles. The molecule has 0 unspecified atom stereocenters. The van der Waals surface area contributed by atoms with Crippen molar-refractivity contribution in [3.63, 3.8) is 0 Å². The van der Waals surface area contributed by atoms with Crippen molar-refractivity contribution in [1.29, 1.82) is 0 Å². The lowest BCUT2D eigenvalue weighted by atomic mass is 10.0. The predicted octanol–water partition coefficient (Wildman–Crippen LogP) is 3.20. The van der Waals surface area contributed by atoms with Crippen LogP contribution in [0.3, 0.4) is 0 Å². The minimum Gasteiger partial charge on any atom is -0.466 e. The van der Waals surface area contributed by atoms with Crippen LogP contribution in [0.15, 0.2) is 24.3 Å². The molecule has 1 heterocycles. The highest BCUT2D eigenvalue weighted by Gasteiger charge is 2.19. The van der Waals surface area contributed by atoms with Crippen LogP contribution in [-0.2, 0) is 29.4 Å². The number of aromatic nitrogens is 2. The molecule has 0 spiro atoms. The summed E-state index contributed by atoms with van der Waals surface area (Å²) in [5, 5.41) is 15.4. The second-order valence-corrected chi connectivity index (χ2v) is 6.15. The van der Waals surface area contributed by atoms with Gasteiger partial charge in [0.15, 0.2) is 6.61 Å². The van der Waals surface area contributed by atoms with Crippen molar-refractivity contribution < 1.29 is 19.2 Å². The summed E-state index contributed by atoms with van der Waals surface area (Å²) in [5.41, 5.74) is 2.77. The fraction of sp³-hybridized carbons (Fsp3) is 0.474. The normalized spacial score (nSPS) is 10.6. The molecule has 1 aromatic carbocycles. The summed E-state index contributed by atoms with van der Waals surface area (Å²) in [6.45, 7) is 3.96. The zero-order chi connectivity index (χ0) is 19.8. The van der Waals surface area contributed by atoms with Gasteiger partial charge in [-0.15, -0.1) is 0 Å². The zero-order valence-electron chi connectivity index (χ0n) is 15.9. The van der Waals surface area contributed by atoms with E-state index in [9.17, 15) is 14.9 Å². The fourth-order valence-corrected chi connectivity index (χ4v) is 2.78. The highest BCUT2D eigenvalue weighted by atomic mass is 16.6. The minimum absolute atomic E-state index is 0.0509. The van der Waals surface area contributed by atoms with E-state index < -0.39 is 10.9 Å². The molecule has 0 aliphatic carbocycles. The highest BCUT2D eigenvalue weighted by molar-refractivity contribution is 5.71. The summed E-state index contributed by atoms with van der Waals surface area (Å²) in [6.07, 6.45) is 3.34. The molecule has 146 valence electrons. The second-order valence-electron chi connectivity index (χ2n) is 6.15. The van der Waals surface area contributed by atoms with Gasteiger partial charge in [-0.2, -0.15) is 5.10 Å². The summed E-state index contributed by atoms with van der Waals surface area (Å²) in [6, 6.07) is 6.42. The summed E-state index contributed by atoms with van der Waals surface area (Å²) < 4.78 is 12.2. The first-order valence-electron chi connectivity index (χ1n) is 9.02. The number of nitro groups is 1. The molecule has 2 aromatic rings. The summed E-state index contributed by atoms with van der Waals surface area (Å²) >= 11 is 0. The molecular weight excluding hydrogens is 350 g/mol. The minimum atomic E-state index is -0.435. The lowest BCUT2D eigenvalue weighted by molar-refractivity contribution is -0.384. The molecule has 0 amide bonds. The van der Waals surface area contributed by atoms with E-state index in [1.807, 2.05) is 0 Å². The second kappa shape index (κ2) is 9.70. The van der Waals surface area contributed by atoms with Crippen molar-refractivity contribution in [3.8, 4) is 5.88 Å². The van der Waals surface area contributed by atoms with Gasteiger partial charge in [0.2, 0.25) is 5.88 Å². The van der Waals surface area contributed by atoms with E-state index in [1.165, 1.54) is 12.1 Å². The highest BCUT2D eigenvalue weighted by Crippen LogP contribution is 2.27. The molecule has 0 atom stereocenters. The van der Waals surface area contributed by atoms with E-state index in [0.29, 0.717) is 18.9 Å². The van der Waals surface area contributed by atoms with Crippen LogP contribution < -0.4 is 4.74 Å². The lowest BCUT2D eigenvalue weighted by Crippen LogP contribution is -2.16. The Kier molecular flexibility index (Phi) is 7.34. The largest absolute Gasteiger partial charge is 0.466 e. The van der Waals surface area contributed by atoms with Gasteiger partial charge in [-0.05, 0) is 25.3 Å². The Morgan fingerprint density at radius 3 is 2.56 bits per heavy atom. The number of nitrogens with zero attached hydrogens (tertiary/aromatic N) is 3. The number of non-ortho nitro benzene ring substituents is 1. The maximum Gasteiger partial charge on any atom is 0.344 e. The molecule has 0 aliphatic heterocycles. The first-order valence-corrected chi connectivity index (χ1v) is 9.02. The topological polar surface area (TPSA) is 96.5 Å². The maximum atomic E-state index is 11.6. The maximum absolute atomic E-state index is 11.6. The number of unbranched alkanes of at least 4 members (excludes halogenated alkanes) is 1. The molecule has 0 saturated heterocycles. The molecule has 0 aliphatic rings. The number of ether oxygens (including phenoxy) is 2. The number of hydrogen-bond acceptors (Lipinski definition) is 6. The molecule has 8 nitrogen and oxygen atoms in total. The third kappa shape index (κ3) is 5.54. The molecule has 0 radical (unpaired) electrons. The average molecular weight is 375 g/mol. The van der Waals surface area contributed by atoms with Crippen LogP contribution in [0.25, 0.3) is 0 Å². The van der Waals surface area contributed by atoms with Crippen LogP contribution in [0, 0.1) is 10.1 Å². The quantitative estimate of drug-likeness (QED) is 0.359. The van der Waals surface area contributed by atoms with E-state index in [0.717, 1.165) is 36.1 Å². The van der Waals surface area contributed by atoms with Crippen molar-refractivity contribution in [2.75, 3.05) is 13.2 Å². The molecule has 2 rings (SSSR count). The monoisotopic (exact) mass is 375 g/mol. The van der Waals surface area contributed by atoms with Crippen LogP contribution in [0.5, 0.6) is 5.88 Å². The number of aryl methyl sites for hydroxylation is 2. The standard InChI is InChI=1S/C19H25N3O5/c1-4-6-7-17-16(12-14-8-10-15(11-9-14)22(24)25)19(21(3)20-17)27-13-18(23)26-5-2/h8-11H,4-7,12-13H2,1-3H3. The fourth-order valence-electron chi connectivity index (χ4n) is 2.78. The van der Waals surface area contributed by atoms with Crippen LogP contribution in [-0.4, -0.2) is 33.9 Å². The predicted molar refractivity (Wildman–Crippen MR) is 99.9 cm³/mol. The number of hydrogen-bond donors (Lipinski definition) is 0. The van der Waals surface area contributed by atoms with E-state index in [4.69, 9.17) is 9.47 Å². The zero-order valence-corrected chi connectivity index (χ0v) is 15.9. The first-order chi connectivity index (χ1) is 13.0. The number of carbonyl (C=O) groups is 1. The lowest BCUT2D eigenvalue weighted by Gasteiger charge is -2.09. The van der Waals surface area contributed by atoms with Gasteiger partial charge >= 0.3 is 5.97 Å². The van der Waals surface area contributed by atoms with Gasteiger partial charge < -0.3 is 9.47 Å². The summed E-state index contributed by atoms with van der Waals surface area (Å²) in [4.78, 5) is 22.0. The smallest absolute Gasteiger partial charge is 0.344 e. The Balaban J connectivity index is 2.26. The van der Waals surface area contributed by atoms with E-state index in [1.54, 1.807) is 30.8 Å². The number of benzene rings is 1. The summed E-state index contributed by atoms with van der Waals surface area (Å²) in [7, 11) is 1.77. The van der Waals surface area contributed by atoms with Crippen molar-refractivity contribution in [2.24, 2.45) is 7.05 Å². The number of carbonyl (C=O) groups excluding carboxylic acids is 1. The SMILES string of the molecule is CCCCc1nn(C)c(OCC(=O)OCC)c1Cc1ccc([N+](=O)[O-])cc1. The first kappa shape index (κ1) is 20.4. The third-order valence-corrected chi connectivity index (χ3v) is 4.10. The molecule has 0 bridgehead atoms. The molecule has 0 N–H and O–H groups in total. The molecule has 27 heavy (non-hydrogen) atoms. The van der Waals surface area contributed by atoms with Crippen molar-refractivity contribution in [3.05, 3.63) is 51.2 Å². The average Bonchev–Trinajstić information content (AvgIpc) is 2.93. The van der Waals surface area contributed by atoms with Gasteiger partial charge in [-0.3, -0.25) is 10.1 Å². The van der Waals surface area contributed by atoms with E-state index in [-0.39, 0.29) is 12.3 Å². The van der Waals surface area contributed by atoms with Gasteiger partial charge in [-0.1, -0.05) is 25.5 Å². The molecular formula is C19H25N3O5. The number of esters is 1. The van der Waals surface area contributed by atoms with Crippen LogP contribution in [0.2, 0.25) is 0 Å². The van der Waals surface area contributed by atoms with Crippen molar-refractivity contribution in [2.45, 2.75) is 39.5 Å². The van der Waals surface area contributed by atoms with Crippen LogP contribution in [0.4, 0.5) is 5.69 Å². The van der Waals surface area contributed by atoms with Gasteiger partial charge in [0.1, 0.15) is 0 Å². The number of nitro benzene ring substituents is 1. The Labute approximate surface area is 158 Å². The van der Waals surface area contributed by atoms with Crippen LogP contribution in [0.1, 0.15) is 43.5 Å². The van der Waals surface area contributed by atoms with Gasteiger partial charge in [0.05, 0.1) is 17.2 Å². The van der Waals surface area contributed by atoms with Crippen LogP contribution >= 0.6 is 0 Å². The van der Waals surface area contributed by atoms with Gasteiger partial charge in [-0.25, -0.2) is 9.48 Å². The van der Waals surface area contributed by atoms with Crippen molar-refractivity contribution >= 4 is 11.7 Å². The Morgan fingerprint density at radius 2 is 1.96 bits per heavy atom. The number of rotatable bonds is 10. The van der Waals surface area contributed by atoms with Gasteiger partial charge in [0.25, 0.3) is 5.69 Å². The van der Waals surface area contributed by atoms with E-state index in [2.05, 4.69) is 12.0 Å². The molecule has 1 aromatic heterocycles. The Morgan fingerprint density at radius 1 is 1.26 bits per heavy atom. The summed E-state index contributed by atoms with van der Waals surface area (Å²) in [5.74, 6) is 0.0857. The molecule has 0 fully saturated rings. The Hall–Kier alpha value is -2.90. The van der Waals surface area contributed by atoms with E-state index >= 15 is 0 Å². The van der Waals surface area contributed by atoms with Crippen molar-refractivity contribution in [1.82, 2.24) is 9.78 Å². The molecule has 8 heteroatoms. The third-order valence-electron chi connectivity index (χ3n) is 4.10. The Bertz CT molecular complexity index is 783. The van der Waals surface area contributed by atoms with Gasteiger partial charge in [0, 0.05) is 31.2 Å².